The van der Waals surface area contributed by atoms with E-state index in [0.717, 1.165) is 49.3 Å². The largest absolute Gasteiger partial charge is 0.426 e. The summed E-state index contributed by atoms with van der Waals surface area (Å²) in [6.45, 7) is 4.49. The minimum Gasteiger partial charge on any atom is -0.426 e. The first-order valence-electron chi connectivity index (χ1n) is 14.1. The number of benzene rings is 1. The lowest BCUT2D eigenvalue weighted by Crippen LogP contribution is -2.25. The standard InChI is InChI=1S/C31H44ClNO2/c1-3-5-7-8-9-11-13-25-22-29(32)30(33-23-25)26-18-20-28(21-19-26)35-31(34)27-16-14-24(15-17-27)12-10-6-4-2/h18-24,27H,3-17H2,1-2H3. The molecule has 0 radical (unpaired) electrons. The number of aryl methyl sites for hydroxylation is 1. The first-order chi connectivity index (χ1) is 17.1. The Hall–Kier alpha value is -1.87. The second kappa shape index (κ2) is 15.3. The van der Waals surface area contributed by atoms with Crippen molar-refractivity contribution in [2.75, 3.05) is 0 Å². The molecule has 1 heterocycles. The van der Waals surface area contributed by atoms with Gasteiger partial charge in [0.05, 0.1) is 16.6 Å². The Balaban J connectivity index is 1.46. The second-order valence-electron chi connectivity index (χ2n) is 10.4. The van der Waals surface area contributed by atoms with Crippen molar-refractivity contribution >= 4 is 17.6 Å². The van der Waals surface area contributed by atoms with Crippen LogP contribution < -0.4 is 4.74 Å². The number of pyridine rings is 1. The van der Waals surface area contributed by atoms with E-state index in [4.69, 9.17) is 16.3 Å². The number of rotatable bonds is 14. The molecule has 1 aliphatic carbocycles. The summed E-state index contributed by atoms with van der Waals surface area (Å²) < 4.78 is 5.71. The van der Waals surface area contributed by atoms with Crippen molar-refractivity contribution < 1.29 is 9.53 Å². The van der Waals surface area contributed by atoms with E-state index < -0.39 is 0 Å². The van der Waals surface area contributed by atoms with Crippen LogP contribution in [-0.4, -0.2) is 11.0 Å². The number of halogens is 1. The zero-order chi connectivity index (χ0) is 24.9. The molecule has 0 unspecified atom stereocenters. The van der Waals surface area contributed by atoms with E-state index in [1.54, 1.807) is 0 Å². The van der Waals surface area contributed by atoms with Crippen molar-refractivity contribution in [3.05, 3.63) is 47.1 Å². The van der Waals surface area contributed by atoms with E-state index in [0.29, 0.717) is 10.8 Å². The van der Waals surface area contributed by atoms with Crippen LogP contribution in [-0.2, 0) is 11.2 Å². The van der Waals surface area contributed by atoms with E-state index in [1.807, 2.05) is 36.5 Å². The minimum absolute atomic E-state index is 0.0346. The zero-order valence-electron chi connectivity index (χ0n) is 21.9. The Labute approximate surface area is 218 Å². The molecule has 0 spiro atoms. The maximum absolute atomic E-state index is 12.7. The van der Waals surface area contributed by atoms with E-state index in [9.17, 15) is 4.79 Å². The number of esters is 1. The predicted molar refractivity (Wildman–Crippen MR) is 147 cm³/mol. The normalized spacial score (nSPS) is 17.9. The van der Waals surface area contributed by atoms with Crippen LogP contribution in [0.3, 0.4) is 0 Å². The van der Waals surface area contributed by atoms with Crippen LogP contribution in [0.4, 0.5) is 0 Å². The number of hydrogen-bond acceptors (Lipinski definition) is 3. The molecule has 2 aromatic rings. The molecule has 1 saturated carbocycles. The highest BCUT2D eigenvalue weighted by Crippen LogP contribution is 2.33. The SMILES string of the molecule is CCCCCCCCc1cnc(-c2ccc(OC(=O)C3CCC(CCCCC)CC3)cc2)c(Cl)c1. The van der Waals surface area contributed by atoms with Crippen molar-refractivity contribution in [1.82, 2.24) is 4.98 Å². The number of aromatic nitrogens is 1. The van der Waals surface area contributed by atoms with Crippen molar-refractivity contribution in [2.45, 2.75) is 110 Å². The van der Waals surface area contributed by atoms with Gasteiger partial charge >= 0.3 is 5.97 Å². The Morgan fingerprint density at radius 1 is 0.914 bits per heavy atom. The van der Waals surface area contributed by atoms with Crippen LogP contribution in [0.25, 0.3) is 11.3 Å². The van der Waals surface area contributed by atoms with Gasteiger partial charge in [-0.1, -0.05) is 83.2 Å². The Morgan fingerprint density at radius 2 is 1.57 bits per heavy atom. The summed E-state index contributed by atoms with van der Waals surface area (Å²) in [5, 5.41) is 0.675. The highest BCUT2D eigenvalue weighted by atomic mass is 35.5. The lowest BCUT2D eigenvalue weighted by molar-refractivity contribution is -0.140. The van der Waals surface area contributed by atoms with Crippen LogP contribution in [0, 0.1) is 11.8 Å². The fourth-order valence-electron chi connectivity index (χ4n) is 5.19. The summed E-state index contributed by atoms with van der Waals surface area (Å²) in [5.41, 5.74) is 2.91. The Kier molecular flexibility index (Phi) is 12.1. The van der Waals surface area contributed by atoms with Crippen LogP contribution in [0.2, 0.25) is 5.02 Å². The van der Waals surface area contributed by atoms with Crippen LogP contribution >= 0.6 is 11.6 Å². The third kappa shape index (κ3) is 9.26. The highest BCUT2D eigenvalue weighted by Gasteiger charge is 2.27. The third-order valence-electron chi connectivity index (χ3n) is 7.46. The van der Waals surface area contributed by atoms with Gasteiger partial charge in [-0.2, -0.15) is 0 Å². The number of ether oxygens (including phenoxy) is 1. The number of carbonyl (C=O) groups excluding carboxylic acids is 1. The molecule has 1 fully saturated rings. The summed E-state index contributed by atoms with van der Waals surface area (Å²) in [5.74, 6) is 1.34. The number of unbranched alkanes of at least 4 members (excludes halogenated alkanes) is 7. The van der Waals surface area contributed by atoms with Gasteiger partial charge in [0.1, 0.15) is 5.75 Å². The fraction of sp³-hybridized carbons (Fsp3) is 0.613. The number of nitrogens with zero attached hydrogens (tertiary/aromatic N) is 1. The number of carbonyl (C=O) groups is 1. The molecule has 0 atom stereocenters. The summed E-state index contributed by atoms with van der Waals surface area (Å²) in [7, 11) is 0. The second-order valence-corrected chi connectivity index (χ2v) is 10.8. The third-order valence-corrected chi connectivity index (χ3v) is 7.75. The summed E-state index contributed by atoms with van der Waals surface area (Å²) in [4.78, 5) is 17.3. The molecule has 4 heteroatoms. The molecular formula is C31H44ClNO2. The molecule has 0 saturated heterocycles. The van der Waals surface area contributed by atoms with Crippen LogP contribution in [0.15, 0.2) is 36.5 Å². The maximum Gasteiger partial charge on any atom is 0.314 e. The van der Waals surface area contributed by atoms with Gasteiger partial charge in [0.25, 0.3) is 0 Å². The molecule has 1 aromatic heterocycles. The molecule has 1 aliphatic rings. The lowest BCUT2D eigenvalue weighted by atomic mass is 9.80. The first kappa shape index (κ1) is 27.7. The molecule has 0 N–H and O–H groups in total. The summed E-state index contributed by atoms with van der Waals surface area (Å²) >= 11 is 6.57. The van der Waals surface area contributed by atoms with Crippen LogP contribution in [0.5, 0.6) is 5.75 Å². The predicted octanol–water partition coefficient (Wildman–Crippen LogP) is 9.60. The molecule has 192 valence electrons. The molecule has 0 bridgehead atoms. The quantitative estimate of drug-likeness (QED) is 0.148. The Morgan fingerprint density at radius 3 is 2.26 bits per heavy atom. The molecular weight excluding hydrogens is 454 g/mol. The minimum atomic E-state index is -0.0834. The summed E-state index contributed by atoms with van der Waals surface area (Å²) in [6.07, 6.45) is 20.1. The summed E-state index contributed by atoms with van der Waals surface area (Å²) in [6, 6.07) is 9.63. The maximum atomic E-state index is 12.7. The zero-order valence-corrected chi connectivity index (χ0v) is 22.6. The van der Waals surface area contributed by atoms with Gasteiger partial charge in [0.15, 0.2) is 0 Å². The Bertz CT molecular complexity index is 887. The monoisotopic (exact) mass is 497 g/mol. The van der Waals surface area contributed by atoms with Gasteiger partial charge in [-0.3, -0.25) is 9.78 Å². The molecule has 35 heavy (non-hydrogen) atoms. The van der Waals surface area contributed by atoms with Gasteiger partial charge in [-0.25, -0.2) is 0 Å². The average molecular weight is 498 g/mol. The van der Waals surface area contributed by atoms with E-state index in [2.05, 4.69) is 18.8 Å². The molecule has 0 aliphatic heterocycles. The van der Waals surface area contributed by atoms with Gasteiger partial charge in [-0.15, -0.1) is 0 Å². The average Bonchev–Trinajstić information content (AvgIpc) is 2.87. The smallest absolute Gasteiger partial charge is 0.314 e. The van der Waals surface area contributed by atoms with Gasteiger partial charge in [0, 0.05) is 11.8 Å². The van der Waals surface area contributed by atoms with Crippen LogP contribution in [0.1, 0.15) is 109 Å². The van der Waals surface area contributed by atoms with Gasteiger partial charge in [0.2, 0.25) is 0 Å². The molecule has 0 amide bonds. The van der Waals surface area contributed by atoms with Gasteiger partial charge < -0.3 is 4.74 Å². The highest BCUT2D eigenvalue weighted by molar-refractivity contribution is 6.33. The lowest BCUT2D eigenvalue weighted by Gasteiger charge is -2.27. The fourth-order valence-corrected chi connectivity index (χ4v) is 5.48. The van der Waals surface area contributed by atoms with Gasteiger partial charge in [-0.05, 0) is 80.3 Å². The van der Waals surface area contributed by atoms with Crippen molar-refractivity contribution in [1.29, 1.82) is 0 Å². The van der Waals surface area contributed by atoms with Crippen molar-refractivity contribution in [3.63, 3.8) is 0 Å². The first-order valence-corrected chi connectivity index (χ1v) is 14.4. The van der Waals surface area contributed by atoms with E-state index in [-0.39, 0.29) is 11.9 Å². The number of hydrogen-bond donors (Lipinski definition) is 0. The topological polar surface area (TPSA) is 39.2 Å². The molecule has 3 nitrogen and oxygen atoms in total. The van der Waals surface area contributed by atoms with Crippen molar-refractivity contribution in [3.8, 4) is 17.0 Å². The molecule has 3 rings (SSSR count). The van der Waals surface area contributed by atoms with E-state index in [1.165, 1.54) is 69.8 Å². The molecule has 1 aromatic carbocycles. The van der Waals surface area contributed by atoms with E-state index >= 15 is 0 Å². The van der Waals surface area contributed by atoms with Crippen molar-refractivity contribution in [2.24, 2.45) is 11.8 Å².